The lowest BCUT2D eigenvalue weighted by atomic mass is 10.0. The highest BCUT2D eigenvalue weighted by atomic mass is 35.5. The van der Waals surface area contributed by atoms with Crippen molar-refractivity contribution < 1.29 is 18.0 Å². The van der Waals surface area contributed by atoms with E-state index in [1.165, 1.54) is 12.1 Å². The van der Waals surface area contributed by atoms with Crippen LogP contribution in [0.25, 0.3) is 0 Å². The number of hydrogen-bond acceptors (Lipinski definition) is 5. The molecule has 1 aliphatic rings. The van der Waals surface area contributed by atoms with Gasteiger partial charge in [0.25, 0.3) is 5.91 Å². The van der Waals surface area contributed by atoms with Crippen molar-refractivity contribution in [3.05, 3.63) is 29.8 Å². The number of amides is 2. The molecule has 26 heavy (non-hydrogen) atoms. The molecule has 1 saturated heterocycles. The van der Waals surface area contributed by atoms with Crippen LogP contribution < -0.4 is 11.1 Å². The second-order valence-electron chi connectivity index (χ2n) is 6.29. The summed E-state index contributed by atoms with van der Waals surface area (Å²) in [6, 6.07) is 6.00. The van der Waals surface area contributed by atoms with Gasteiger partial charge in [0, 0.05) is 43.9 Å². The molecule has 1 atom stereocenters. The predicted molar refractivity (Wildman–Crippen MR) is 102 cm³/mol. The fourth-order valence-electron chi connectivity index (χ4n) is 2.96. The first-order valence-corrected chi connectivity index (χ1v) is 10.3. The Labute approximate surface area is 160 Å². The summed E-state index contributed by atoms with van der Waals surface area (Å²) in [7, 11) is -3.37. The minimum absolute atomic E-state index is 0. The summed E-state index contributed by atoms with van der Waals surface area (Å²) in [4.78, 5) is 26.3. The van der Waals surface area contributed by atoms with E-state index < -0.39 is 9.84 Å². The Morgan fingerprint density at radius 2 is 2.04 bits per heavy atom. The molecular weight excluding hydrogens is 378 g/mol. The first-order chi connectivity index (χ1) is 11.8. The molecule has 1 aliphatic heterocycles. The van der Waals surface area contributed by atoms with Crippen molar-refractivity contribution in [2.45, 2.75) is 36.6 Å². The molecule has 1 unspecified atom stereocenters. The van der Waals surface area contributed by atoms with Gasteiger partial charge < -0.3 is 16.0 Å². The van der Waals surface area contributed by atoms with Gasteiger partial charge in [-0.3, -0.25) is 9.59 Å². The largest absolute Gasteiger partial charge is 0.354 e. The first kappa shape index (κ1) is 22.4. The van der Waals surface area contributed by atoms with Gasteiger partial charge >= 0.3 is 0 Å². The maximum absolute atomic E-state index is 12.9. The molecular formula is C17H26ClN3O4S. The van der Waals surface area contributed by atoms with Crippen LogP contribution in [0.2, 0.25) is 0 Å². The maximum atomic E-state index is 12.9. The van der Waals surface area contributed by atoms with E-state index in [1.807, 2.05) is 0 Å². The van der Waals surface area contributed by atoms with Crippen molar-refractivity contribution >= 4 is 34.1 Å². The van der Waals surface area contributed by atoms with Crippen LogP contribution in [-0.2, 0) is 14.6 Å². The molecule has 146 valence electrons. The molecule has 0 aliphatic carbocycles. The molecule has 1 heterocycles. The number of halogens is 1. The normalized spacial score (nSPS) is 17.3. The monoisotopic (exact) mass is 403 g/mol. The highest BCUT2D eigenvalue weighted by molar-refractivity contribution is 7.90. The topological polar surface area (TPSA) is 110 Å². The SMILES string of the molecule is CS(=O)(=O)c1cccc(C(=O)N2CCCCC2CNC(=O)CCN)c1.Cl. The van der Waals surface area contributed by atoms with Crippen molar-refractivity contribution in [1.82, 2.24) is 10.2 Å². The highest BCUT2D eigenvalue weighted by Gasteiger charge is 2.28. The summed E-state index contributed by atoms with van der Waals surface area (Å²) in [5.41, 5.74) is 5.71. The maximum Gasteiger partial charge on any atom is 0.254 e. The van der Waals surface area contributed by atoms with Gasteiger partial charge in [0.15, 0.2) is 9.84 Å². The Hall–Kier alpha value is -1.64. The lowest BCUT2D eigenvalue weighted by Gasteiger charge is -2.36. The van der Waals surface area contributed by atoms with Crippen LogP contribution in [0.15, 0.2) is 29.2 Å². The number of hydrogen-bond donors (Lipinski definition) is 2. The van der Waals surface area contributed by atoms with Crippen LogP contribution in [-0.4, -0.2) is 57.1 Å². The van der Waals surface area contributed by atoms with Gasteiger partial charge in [0.05, 0.1) is 4.90 Å². The van der Waals surface area contributed by atoms with Gasteiger partial charge in [-0.15, -0.1) is 12.4 Å². The fraction of sp³-hybridized carbons (Fsp3) is 0.529. The Kier molecular flexibility index (Phi) is 8.52. The number of piperidine rings is 1. The van der Waals surface area contributed by atoms with Crippen LogP contribution in [0.3, 0.4) is 0 Å². The third-order valence-electron chi connectivity index (χ3n) is 4.30. The summed E-state index contributed by atoms with van der Waals surface area (Å²) < 4.78 is 23.4. The standard InChI is InChI=1S/C17H25N3O4S.ClH/c1-25(23,24)15-7-4-5-13(11-15)17(22)20-10-3-2-6-14(20)12-19-16(21)8-9-18;/h4-5,7,11,14H,2-3,6,8-10,12,18H2,1H3,(H,19,21);1H. The zero-order valence-electron chi connectivity index (χ0n) is 14.8. The zero-order valence-corrected chi connectivity index (χ0v) is 16.4. The minimum Gasteiger partial charge on any atom is -0.354 e. The molecule has 0 spiro atoms. The predicted octanol–water partition coefficient (Wildman–Crippen LogP) is 0.972. The summed E-state index contributed by atoms with van der Waals surface area (Å²) in [6.45, 7) is 1.27. The number of likely N-dealkylation sites (tertiary alicyclic amines) is 1. The Morgan fingerprint density at radius 3 is 2.69 bits per heavy atom. The minimum atomic E-state index is -3.37. The van der Waals surface area contributed by atoms with E-state index in [2.05, 4.69) is 5.32 Å². The third kappa shape index (κ3) is 5.96. The third-order valence-corrected chi connectivity index (χ3v) is 5.41. The number of nitrogens with one attached hydrogen (secondary N) is 1. The van der Waals surface area contributed by atoms with Crippen molar-refractivity contribution in [3.63, 3.8) is 0 Å². The molecule has 2 amide bonds. The molecule has 1 aromatic rings. The number of carbonyl (C=O) groups excluding carboxylic acids is 2. The van der Waals surface area contributed by atoms with Crippen molar-refractivity contribution in [3.8, 4) is 0 Å². The van der Waals surface area contributed by atoms with Gasteiger partial charge in [0.2, 0.25) is 5.91 Å². The van der Waals surface area contributed by atoms with E-state index >= 15 is 0 Å². The molecule has 0 bridgehead atoms. The van der Waals surface area contributed by atoms with Crippen LogP contribution >= 0.6 is 12.4 Å². The molecule has 0 aromatic heterocycles. The van der Waals surface area contributed by atoms with Gasteiger partial charge in [-0.25, -0.2) is 8.42 Å². The van der Waals surface area contributed by atoms with Crippen LogP contribution in [0, 0.1) is 0 Å². The molecule has 1 fully saturated rings. The van der Waals surface area contributed by atoms with E-state index in [0.717, 1.165) is 25.5 Å². The zero-order chi connectivity index (χ0) is 18.4. The van der Waals surface area contributed by atoms with Crippen LogP contribution in [0.5, 0.6) is 0 Å². The second kappa shape index (κ2) is 9.89. The molecule has 3 N–H and O–H groups in total. The first-order valence-electron chi connectivity index (χ1n) is 8.41. The van der Waals surface area contributed by atoms with E-state index in [9.17, 15) is 18.0 Å². The lowest BCUT2D eigenvalue weighted by Crippen LogP contribution is -2.49. The number of rotatable bonds is 6. The second-order valence-corrected chi connectivity index (χ2v) is 8.31. The average Bonchev–Trinajstić information content (AvgIpc) is 2.59. The van der Waals surface area contributed by atoms with Gasteiger partial charge in [-0.1, -0.05) is 6.07 Å². The number of nitrogens with two attached hydrogens (primary N) is 1. The van der Waals surface area contributed by atoms with E-state index in [-0.39, 0.29) is 48.1 Å². The van der Waals surface area contributed by atoms with Gasteiger partial charge in [0.1, 0.15) is 0 Å². The number of nitrogens with zero attached hydrogens (tertiary/aromatic N) is 1. The number of carbonyl (C=O) groups is 2. The average molecular weight is 404 g/mol. The summed E-state index contributed by atoms with van der Waals surface area (Å²) >= 11 is 0. The quantitative estimate of drug-likeness (QED) is 0.735. The van der Waals surface area contributed by atoms with E-state index in [1.54, 1.807) is 17.0 Å². The van der Waals surface area contributed by atoms with Crippen molar-refractivity contribution in [2.24, 2.45) is 5.73 Å². The fourth-order valence-corrected chi connectivity index (χ4v) is 3.62. The van der Waals surface area contributed by atoms with Crippen molar-refractivity contribution in [1.29, 1.82) is 0 Å². The molecule has 0 radical (unpaired) electrons. The van der Waals surface area contributed by atoms with Crippen LogP contribution in [0.4, 0.5) is 0 Å². The van der Waals surface area contributed by atoms with E-state index in [4.69, 9.17) is 5.73 Å². The van der Waals surface area contributed by atoms with Gasteiger partial charge in [-0.2, -0.15) is 0 Å². The molecule has 1 aromatic carbocycles. The van der Waals surface area contributed by atoms with Crippen LogP contribution in [0.1, 0.15) is 36.0 Å². The molecule has 2 rings (SSSR count). The number of sulfone groups is 1. The summed E-state index contributed by atoms with van der Waals surface area (Å²) in [6.07, 6.45) is 4.07. The highest BCUT2D eigenvalue weighted by Crippen LogP contribution is 2.21. The smallest absolute Gasteiger partial charge is 0.254 e. The summed E-state index contributed by atoms with van der Waals surface area (Å²) in [5.74, 6) is -0.331. The Balaban J connectivity index is 0.00000338. The number of benzene rings is 1. The molecule has 0 saturated carbocycles. The van der Waals surface area contributed by atoms with Gasteiger partial charge in [-0.05, 0) is 37.5 Å². The van der Waals surface area contributed by atoms with E-state index in [0.29, 0.717) is 18.7 Å². The molecule has 9 heteroatoms. The molecule has 7 nitrogen and oxygen atoms in total. The lowest BCUT2D eigenvalue weighted by molar-refractivity contribution is -0.121. The Bertz CT molecular complexity index is 739. The Morgan fingerprint density at radius 1 is 1.31 bits per heavy atom. The van der Waals surface area contributed by atoms with Crippen molar-refractivity contribution in [2.75, 3.05) is 25.9 Å². The summed E-state index contributed by atoms with van der Waals surface area (Å²) in [5, 5.41) is 2.82.